The summed E-state index contributed by atoms with van der Waals surface area (Å²) in [5.41, 5.74) is 0.388. The van der Waals surface area contributed by atoms with E-state index in [2.05, 4.69) is 4.74 Å². The molecule has 1 aliphatic heterocycles. The van der Waals surface area contributed by atoms with Crippen LogP contribution in [0.1, 0.15) is 15.9 Å². The molecule has 0 bridgehead atoms. The monoisotopic (exact) mass is 288 g/mol. The summed E-state index contributed by atoms with van der Waals surface area (Å²) in [6, 6.07) is 6.64. The van der Waals surface area contributed by atoms with Gasteiger partial charge in [0.05, 0.1) is 19.8 Å². The molecule has 2 aromatic rings. The first-order valence-electron chi connectivity index (χ1n) is 6.20. The van der Waals surface area contributed by atoms with E-state index < -0.39 is 11.6 Å². The number of methoxy groups -OCH3 is 2. The standard InChI is InChI=1S/C15H12O6/c1-18-9-3-4-10-12(6-9)20-7-8-5-11(14(16)19-2)15(17)21-13(8)10/h3-6H,7H2,1-2H3. The Morgan fingerprint density at radius 1 is 1.24 bits per heavy atom. The zero-order valence-corrected chi connectivity index (χ0v) is 11.5. The molecule has 0 aliphatic carbocycles. The Morgan fingerprint density at radius 3 is 2.76 bits per heavy atom. The third-order valence-electron chi connectivity index (χ3n) is 3.25. The van der Waals surface area contributed by atoms with Gasteiger partial charge in [0.15, 0.2) is 0 Å². The van der Waals surface area contributed by atoms with Crippen molar-refractivity contribution in [2.24, 2.45) is 0 Å². The second-order valence-corrected chi connectivity index (χ2v) is 4.44. The molecular formula is C15H12O6. The zero-order valence-electron chi connectivity index (χ0n) is 11.5. The Labute approximate surface area is 119 Å². The van der Waals surface area contributed by atoms with Crippen molar-refractivity contribution in [1.82, 2.24) is 0 Å². The Morgan fingerprint density at radius 2 is 2.05 bits per heavy atom. The zero-order chi connectivity index (χ0) is 15.0. The van der Waals surface area contributed by atoms with Gasteiger partial charge in [0.1, 0.15) is 29.4 Å². The molecule has 1 aliphatic rings. The molecule has 1 aromatic carbocycles. The van der Waals surface area contributed by atoms with Crippen LogP contribution in [0, 0.1) is 0 Å². The molecular weight excluding hydrogens is 276 g/mol. The number of rotatable bonds is 2. The number of carbonyl (C=O) groups is 1. The van der Waals surface area contributed by atoms with Gasteiger partial charge in [0.25, 0.3) is 0 Å². The average molecular weight is 288 g/mol. The molecule has 0 N–H and O–H groups in total. The predicted molar refractivity (Wildman–Crippen MR) is 72.6 cm³/mol. The van der Waals surface area contributed by atoms with E-state index in [-0.39, 0.29) is 12.2 Å². The fraction of sp³-hybridized carbons (Fsp3) is 0.200. The summed E-state index contributed by atoms with van der Waals surface area (Å²) in [5.74, 6) is 0.880. The molecule has 0 atom stereocenters. The molecule has 1 aromatic heterocycles. The fourth-order valence-electron chi connectivity index (χ4n) is 2.19. The highest BCUT2D eigenvalue weighted by atomic mass is 16.5. The molecule has 0 amide bonds. The number of carbonyl (C=O) groups excluding carboxylic acids is 1. The number of hydrogen-bond donors (Lipinski definition) is 0. The summed E-state index contributed by atoms with van der Waals surface area (Å²) in [6.45, 7) is 0.198. The SMILES string of the molecule is COC(=O)c1cc2c(oc1=O)-c1ccc(OC)cc1OC2. The highest BCUT2D eigenvalue weighted by Gasteiger charge is 2.24. The van der Waals surface area contributed by atoms with Gasteiger partial charge in [-0.1, -0.05) is 0 Å². The van der Waals surface area contributed by atoms with Gasteiger partial charge in [-0.2, -0.15) is 0 Å². The van der Waals surface area contributed by atoms with Crippen LogP contribution in [0.2, 0.25) is 0 Å². The van der Waals surface area contributed by atoms with Gasteiger partial charge >= 0.3 is 11.6 Å². The van der Waals surface area contributed by atoms with Gasteiger partial charge in [-0.3, -0.25) is 0 Å². The molecule has 108 valence electrons. The molecule has 2 heterocycles. The Bertz CT molecular complexity index is 774. The molecule has 6 heteroatoms. The van der Waals surface area contributed by atoms with E-state index in [0.717, 1.165) is 0 Å². The van der Waals surface area contributed by atoms with Gasteiger partial charge in [-0.05, 0) is 18.2 Å². The van der Waals surface area contributed by atoms with Crippen LogP contribution in [0.5, 0.6) is 11.5 Å². The van der Waals surface area contributed by atoms with E-state index in [0.29, 0.717) is 28.4 Å². The minimum Gasteiger partial charge on any atom is -0.497 e. The van der Waals surface area contributed by atoms with Crippen LogP contribution >= 0.6 is 0 Å². The van der Waals surface area contributed by atoms with Crippen LogP contribution in [-0.2, 0) is 11.3 Å². The molecule has 0 fully saturated rings. The summed E-state index contributed by atoms with van der Waals surface area (Å²) in [6.07, 6.45) is 0. The van der Waals surface area contributed by atoms with E-state index in [1.54, 1.807) is 25.3 Å². The molecule has 3 rings (SSSR count). The smallest absolute Gasteiger partial charge is 0.351 e. The van der Waals surface area contributed by atoms with Crippen LogP contribution in [0.3, 0.4) is 0 Å². The first-order valence-corrected chi connectivity index (χ1v) is 6.20. The minimum absolute atomic E-state index is 0.142. The van der Waals surface area contributed by atoms with Gasteiger partial charge in [-0.15, -0.1) is 0 Å². The average Bonchev–Trinajstić information content (AvgIpc) is 2.52. The van der Waals surface area contributed by atoms with Crippen LogP contribution in [-0.4, -0.2) is 20.2 Å². The van der Waals surface area contributed by atoms with Crippen molar-refractivity contribution in [2.45, 2.75) is 6.61 Å². The number of esters is 1. The molecule has 0 radical (unpaired) electrons. The Hall–Kier alpha value is -2.76. The van der Waals surface area contributed by atoms with Gasteiger partial charge in [0.2, 0.25) is 0 Å². The lowest BCUT2D eigenvalue weighted by Crippen LogP contribution is -2.18. The molecule has 21 heavy (non-hydrogen) atoms. The molecule has 0 saturated carbocycles. The topological polar surface area (TPSA) is 75.0 Å². The van der Waals surface area contributed by atoms with E-state index in [1.165, 1.54) is 13.2 Å². The summed E-state index contributed by atoms with van der Waals surface area (Å²) in [5, 5.41) is 0. The lowest BCUT2D eigenvalue weighted by atomic mass is 10.0. The first kappa shape index (κ1) is 13.2. The third-order valence-corrected chi connectivity index (χ3v) is 3.25. The van der Waals surface area contributed by atoms with Crippen molar-refractivity contribution in [3.8, 4) is 22.8 Å². The van der Waals surface area contributed by atoms with E-state index in [4.69, 9.17) is 13.9 Å². The highest BCUT2D eigenvalue weighted by molar-refractivity contribution is 5.89. The van der Waals surface area contributed by atoms with Gasteiger partial charge in [-0.25, -0.2) is 9.59 Å². The van der Waals surface area contributed by atoms with Crippen molar-refractivity contribution in [3.05, 3.63) is 45.8 Å². The molecule has 0 saturated heterocycles. The van der Waals surface area contributed by atoms with Crippen molar-refractivity contribution in [2.75, 3.05) is 14.2 Å². The Kier molecular flexibility index (Phi) is 3.13. The van der Waals surface area contributed by atoms with Crippen LogP contribution in [0.15, 0.2) is 33.5 Å². The number of benzene rings is 1. The quantitative estimate of drug-likeness (QED) is 0.787. The second-order valence-electron chi connectivity index (χ2n) is 4.44. The van der Waals surface area contributed by atoms with Gasteiger partial charge in [0, 0.05) is 11.6 Å². The summed E-state index contributed by atoms with van der Waals surface area (Å²) < 4.78 is 20.6. The van der Waals surface area contributed by atoms with E-state index >= 15 is 0 Å². The number of hydrogen-bond acceptors (Lipinski definition) is 6. The van der Waals surface area contributed by atoms with Crippen molar-refractivity contribution in [3.63, 3.8) is 0 Å². The first-order chi connectivity index (χ1) is 10.1. The number of fused-ring (bicyclic) bond motifs is 3. The van der Waals surface area contributed by atoms with Crippen LogP contribution < -0.4 is 15.1 Å². The molecule has 0 unspecified atom stereocenters. The van der Waals surface area contributed by atoms with E-state index in [9.17, 15) is 9.59 Å². The summed E-state index contributed by atoms with van der Waals surface area (Å²) in [7, 11) is 2.76. The maximum absolute atomic E-state index is 11.9. The lowest BCUT2D eigenvalue weighted by molar-refractivity contribution is 0.0595. The van der Waals surface area contributed by atoms with Crippen LogP contribution in [0.4, 0.5) is 0 Å². The minimum atomic E-state index is -0.732. The van der Waals surface area contributed by atoms with Gasteiger partial charge < -0.3 is 18.6 Å². The molecule has 0 spiro atoms. The lowest BCUT2D eigenvalue weighted by Gasteiger charge is -2.19. The summed E-state index contributed by atoms with van der Waals surface area (Å²) in [4.78, 5) is 23.4. The fourth-order valence-corrected chi connectivity index (χ4v) is 2.19. The van der Waals surface area contributed by atoms with Crippen molar-refractivity contribution >= 4 is 5.97 Å². The Balaban J connectivity index is 2.15. The maximum atomic E-state index is 11.9. The van der Waals surface area contributed by atoms with Crippen LogP contribution in [0.25, 0.3) is 11.3 Å². The summed E-state index contributed by atoms with van der Waals surface area (Å²) >= 11 is 0. The predicted octanol–water partition coefficient (Wildman–Crippen LogP) is 1.99. The number of ether oxygens (including phenoxy) is 3. The second kappa shape index (κ2) is 4.97. The normalized spacial score (nSPS) is 11.9. The highest BCUT2D eigenvalue weighted by Crippen LogP contribution is 2.39. The van der Waals surface area contributed by atoms with Crippen molar-refractivity contribution < 1.29 is 23.4 Å². The van der Waals surface area contributed by atoms with Crippen molar-refractivity contribution in [1.29, 1.82) is 0 Å². The third kappa shape index (κ3) is 2.14. The van der Waals surface area contributed by atoms with E-state index in [1.807, 2.05) is 0 Å². The molecule has 6 nitrogen and oxygen atoms in total. The largest absolute Gasteiger partial charge is 0.497 e. The maximum Gasteiger partial charge on any atom is 0.351 e.